The molecule has 3 heterocycles. The van der Waals surface area contributed by atoms with Crippen LogP contribution in [0.25, 0.3) is 0 Å². The summed E-state index contributed by atoms with van der Waals surface area (Å²) in [5.41, 5.74) is 0.430. The van der Waals surface area contributed by atoms with Crippen LogP contribution in [0.3, 0.4) is 0 Å². The van der Waals surface area contributed by atoms with Gasteiger partial charge in [-0.25, -0.2) is 0 Å². The largest absolute Gasteiger partial charge is 0.379 e. The Hall–Kier alpha value is -1.40. The van der Waals surface area contributed by atoms with E-state index >= 15 is 0 Å². The third-order valence-electron chi connectivity index (χ3n) is 4.37. The topological polar surface area (TPSA) is 58.8 Å². The van der Waals surface area contributed by atoms with Crippen LogP contribution >= 0.6 is 0 Å². The lowest BCUT2D eigenvalue weighted by molar-refractivity contribution is 0.0242. The van der Waals surface area contributed by atoms with E-state index in [9.17, 15) is 4.79 Å². The summed E-state index contributed by atoms with van der Waals surface area (Å²) in [5, 5.41) is 3.82. The first-order valence-corrected chi connectivity index (χ1v) is 7.75. The minimum Gasteiger partial charge on any atom is -0.379 e. The van der Waals surface area contributed by atoms with Gasteiger partial charge in [0.25, 0.3) is 5.91 Å². The van der Waals surface area contributed by atoms with Crippen molar-refractivity contribution in [3.63, 3.8) is 0 Å². The Bertz CT molecular complexity index is 474. The SMILES string of the molecule is Cc1cc(C(=O)N2CCC(CN3CCOCC3)CC2)no1. The minimum atomic E-state index is -0.00308. The highest BCUT2D eigenvalue weighted by atomic mass is 16.5. The van der Waals surface area contributed by atoms with Crippen LogP contribution in [0.15, 0.2) is 10.6 Å². The Morgan fingerprint density at radius 2 is 2.00 bits per heavy atom. The normalized spacial score (nSPS) is 21.7. The van der Waals surface area contributed by atoms with Gasteiger partial charge in [-0.1, -0.05) is 5.16 Å². The number of ether oxygens (including phenoxy) is 1. The van der Waals surface area contributed by atoms with Gasteiger partial charge < -0.3 is 14.2 Å². The lowest BCUT2D eigenvalue weighted by atomic mass is 9.96. The van der Waals surface area contributed by atoms with Crippen molar-refractivity contribution < 1.29 is 14.1 Å². The van der Waals surface area contributed by atoms with Crippen LogP contribution in [0, 0.1) is 12.8 Å². The molecule has 1 aromatic heterocycles. The first kappa shape index (κ1) is 14.5. The van der Waals surface area contributed by atoms with Crippen molar-refractivity contribution in [3.05, 3.63) is 17.5 Å². The van der Waals surface area contributed by atoms with Gasteiger partial charge in [-0.15, -0.1) is 0 Å². The molecule has 116 valence electrons. The molecule has 1 aromatic rings. The average molecular weight is 293 g/mol. The maximum absolute atomic E-state index is 12.3. The van der Waals surface area contributed by atoms with Gasteiger partial charge in [0.1, 0.15) is 5.76 Å². The van der Waals surface area contributed by atoms with E-state index in [1.807, 2.05) is 4.90 Å². The highest BCUT2D eigenvalue weighted by Gasteiger charge is 2.26. The number of amides is 1. The van der Waals surface area contributed by atoms with Crippen LogP contribution in [-0.4, -0.2) is 66.8 Å². The second-order valence-corrected chi connectivity index (χ2v) is 5.97. The highest BCUT2D eigenvalue weighted by molar-refractivity contribution is 5.92. The standard InChI is InChI=1S/C15H23N3O3/c1-12-10-14(16-21-12)15(19)18-4-2-13(3-5-18)11-17-6-8-20-9-7-17/h10,13H,2-9,11H2,1H3. The third-order valence-corrected chi connectivity index (χ3v) is 4.37. The highest BCUT2D eigenvalue weighted by Crippen LogP contribution is 2.20. The van der Waals surface area contributed by atoms with Gasteiger partial charge in [0, 0.05) is 38.8 Å². The van der Waals surface area contributed by atoms with E-state index in [0.29, 0.717) is 17.4 Å². The van der Waals surface area contributed by atoms with Crippen molar-refractivity contribution in [1.29, 1.82) is 0 Å². The number of likely N-dealkylation sites (tertiary alicyclic amines) is 1. The van der Waals surface area contributed by atoms with Crippen LogP contribution in [0.4, 0.5) is 0 Å². The second kappa shape index (κ2) is 6.58. The fourth-order valence-corrected chi connectivity index (χ4v) is 3.10. The van der Waals surface area contributed by atoms with E-state index in [0.717, 1.165) is 58.8 Å². The zero-order valence-corrected chi connectivity index (χ0v) is 12.6. The van der Waals surface area contributed by atoms with Gasteiger partial charge in [-0.2, -0.15) is 0 Å². The Balaban J connectivity index is 1.47. The molecule has 2 aliphatic rings. The number of carbonyl (C=O) groups excluding carboxylic acids is 1. The monoisotopic (exact) mass is 293 g/mol. The third kappa shape index (κ3) is 3.63. The second-order valence-electron chi connectivity index (χ2n) is 5.97. The fourth-order valence-electron chi connectivity index (χ4n) is 3.10. The van der Waals surface area contributed by atoms with Crippen LogP contribution in [0.2, 0.25) is 0 Å². The number of hydrogen-bond donors (Lipinski definition) is 0. The van der Waals surface area contributed by atoms with Crippen LogP contribution in [0.1, 0.15) is 29.1 Å². The Morgan fingerprint density at radius 3 is 2.62 bits per heavy atom. The molecule has 2 saturated heterocycles. The summed E-state index contributed by atoms with van der Waals surface area (Å²) in [4.78, 5) is 16.7. The summed E-state index contributed by atoms with van der Waals surface area (Å²) in [7, 11) is 0. The molecule has 2 fully saturated rings. The quantitative estimate of drug-likeness (QED) is 0.837. The molecule has 0 saturated carbocycles. The van der Waals surface area contributed by atoms with E-state index in [4.69, 9.17) is 9.26 Å². The van der Waals surface area contributed by atoms with E-state index in [2.05, 4.69) is 10.1 Å². The lowest BCUT2D eigenvalue weighted by Gasteiger charge is -2.35. The molecule has 0 aromatic carbocycles. The van der Waals surface area contributed by atoms with E-state index in [-0.39, 0.29) is 5.91 Å². The van der Waals surface area contributed by atoms with Gasteiger partial charge in [0.05, 0.1) is 13.2 Å². The summed E-state index contributed by atoms with van der Waals surface area (Å²) >= 11 is 0. The number of morpholine rings is 1. The fraction of sp³-hybridized carbons (Fsp3) is 0.733. The van der Waals surface area contributed by atoms with Gasteiger partial charge in [0.2, 0.25) is 0 Å². The van der Waals surface area contributed by atoms with Crippen LogP contribution in [0.5, 0.6) is 0 Å². The average Bonchev–Trinajstić information content (AvgIpc) is 2.95. The smallest absolute Gasteiger partial charge is 0.276 e. The van der Waals surface area contributed by atoms with Gasteiger partial charge in [-0.05, 0) is 25.7 Å². The first-order chi connectivity index (χ1) is 10.2. The predicted octanol–water partition coefficient (Wildman–Crippen LogP) is 1.17. The molecule has 1 amide bonds. The van der Waals surface area contributed by atoms with E-state index < -0.39 is 0 Å². The molecule has 2 aliphatic heterocycles. The number of piperidine rings is 1. The van der Waals surface area contributed by atoms with Gasteiger partial charge in [0.15, 0.2) is 5.69 Å². The zero-order chi connectivity index (χ0) is 14.7. The molecule has 0 N–H and O–H groups in total. The number of aryl methyl sites for hydroxylation is 1. The molecule has 3 rings (SSSR count). The number of nitrogens with zero attached hydrogens (tertiary/aromatic N) is 3. The molecule has 21 heavy (non-hydrogen) atoms. The van der Waals surface area contributed by atoms with Crippen molar-refractivity contribution in [1.82, 2.24) is 15.0 Å². The van der Waals surface area contributed by atoms with E-state index in [1.165, 1.54) is 0 Å². The molecule has 0 radical (unpaired) electrons. The van der Waals surface area contributed by atoms with Crippen molar-refractivity contribution in [2.24, 2.45) is 5.92 Å². The zero-order valence-electron chi connectivity index (χ0n) is 12.6. The number of hydrogen-bond acceptors (Lipinski definition) is 5. The van der Waals surface area contributed by atoms with Gasteiger partial charge in [-0.3, -0.25) is 9.69 Å². The maximum atomic E-state index is 12.3. The molecule has 0 bridgehead atoms. The summed E-state index contributed by atoms with van der Waals surface area (Å²) in [6.07, 6.45) is 2.14. The molecule has 0 aliphatic carbocycles. The van der Waals surface area contributed by atoms with Crippen molar-refractivity contribution in [2.45, 2.75) is 19.8 Å². The van der Waals surface area contributed by atoms with Crippen molar-refractivity contribution >= 4 is 5.91 Å². The summed E-state index contributed by atoms with van der Waals surface area (Å²) in [5.74, 6) is 1.36. The molecule has 0 atom stereocenters. The first-order valence-electron chi connectivity index (χ1n) is 7.75. The number of rotatable bonds is 3. The van der Waals surface area contributed by atoms with Crippen molar-refractivity contribution in [3.8, 4) is 0 Å². The number of carbonyl (C=O) groups is 1. The summed E-state index contributed by atoms with van der Waals surface area (Å²) in [6.45, 7) is 8.35. The molecule has 0 unspecified atom stereocenters. The Kier molecular flexibility index (Phi) is 4.55. The summed E-state index contributed by atoms with van der Waals surface area (Å²) < 4.78 is 10.4. The predicted molar refractivity (Wildman–Crippen MR) is 77.1 cm³/mol. The molecular weight excluding hydrogens is 270 g/mol. The van der Waals surface area contributed by atoms with Crippen LogP contribution in [-0.2, 0) is 4.74 Å². The molecule has 0 spiro atoms. The minimum absolute atomic E-state index is 0.00308. The Morgan fingerprint density at radius 1 is 1.29 bits per heavy atom. The van der Waals surface area contributed by atoms with Crippen LogP contribution < -0.4 is 0 Å². The summed E-state index contributed by atoms with van der Waals surface area (Å²) in [6, 6.07) is 1.71. The molecule has 6 nitrogen and oxygen atoms in total. The Labute approximate surface area is 125 Å². The lowest BCUT2D eigenvalue weighted by Crippen LogP contribution is -2.44. The molecular formula is C15H23N3O3. The van der Waals surface area contributed by atoms with Gasteiger partial charge >= 0.3 is 0 Å². The van der Waals surface area contributed by atoms with E-state index in [1.54, 1.807) is 13.0 Å². The van der Waals surface area contributed by atoms with Crippen molar-refractivity contribution in [2.75, 3.05) is 45.9 Å². The number of aromatic nitrogens is 1. The molecule has 6 heteroatoms. The maximum Gasteiger partial charge on any atom is 0.276 e.